The lowest BCUT2D eigenvalue weighted by Crippen LogP contribution is -2.07. The summed E-state index contributed by atoms with van der Waals surface area (Å²) in [6.45, 7) is 4.52. The molecular weight excluding hydrogens is 370 g/mol. The Morgan fingerprint density at radius 1 is 1.10 bits per heavy atom. The Bertz CT molecular complexity index is 1040. The molecule has 0 spiro atoms. The van der Waals surface area contributed by atoms with Gasteiger partial charge in [0.2, 0.25) is 12.7 Å². The number of aromatic nitrogens is 2. The Labute approximate surface area is 168 Å². The first-order valence-electron chi connectivity index (χ1n) is 9.37. The van der Waals surface area contributed by atoms with Crippen molar-refractivity contribution >= 4 is 18.0 Å². The molecule has 7 nitrogen and oxygen atoms in total. The predicted octanol–water partition coefficient (Wildman–Crippen LogP) is 4.16. The van der Waals surface area contributed by atoms with E-state index in [0.717, 1.165) is 11.1 Å². The standard InChI is InChI=1S/C22H21N3O4/c1-14(2)17-7-3-16(4-8-17)12-21-24-25-22(29-21)23-20(26)10-6-15-5-9-18-19(11-15)28-13-27-18/h3-11,14H,12-13H2,1-2H3,(H,23,25,26). The zero-order valence-electron chi connectivity index (χ0n) is 16.2. The maximum atomic E-state index is 12.1. The van der Waals surface area contributed by atoms with Crippen molar-refractivity contribution in [1.82, 2.24) is 10.2 Å². The fourth-order valence-electron chi connectivity index (χ4n) is 2.91. The van der Waals surface area contributed by atoms with Crippen molar-refractivity contribution in [3.63, 3.8) is 0 Å². The fourth-order valence-corrected chi connectivity index (χ4v) is 2.91. The number of ether oxygens (including phenoxy) is 2. The molecular formula is C22H21N3O4. The number of anilines is 1. The van der Waals surface area contributed by atoms with Crippen LogP contribution in [0.25, 0.3) is 6.08 Å². The van der Waals surface area contributed by atoms with Crippen molar-refractivity contribution in [1.29, 1.82) is 0 Å². The molecule has 1 aliphatic rings. The third-order valence-corrected chi connectivity index (χ3v) is 4.52. The largest absolute Gasteiger partial charge is 0.454 e. The van der Waals surface area contributed by atoms with E-state index >= 15 is 0 Å². The number of carbonyl (C=O) groups excluding carboxylic acids is 1. The summed E-state index contributed by atoms with van der Waals surface area (Å²) in [4.78, 5) is 12.1. The Morgan fingerprint density at radius 3 is 2.69 bits per heavy atom. The van der Waals surface area contributed by atoms with Crippen LogP contribution in [0.15, 0.2) is 53.0 Å². The van der Waals surface area contributed by atoms with Crippen LogP contribution in [-0.4, -0.2) is 22.9 Å². The highest BCUT2D eigenvalue weighted by atomic mass is 16.7. The van der Waals surface area contributed by atoms with E-state index in [1.807, 2.05) is 24.3 Å². The number of amides is 1. The van der Waals surface area contributed by atoms with E-state index < -0.39 is 0 Å². The van der Waals surface area contributed by atoms with E-state index in [2.05, 4.69) is 41.5 Å². The topological polar surface area (TPSA) is 86.5 Å². The minimum Gasteiger partial charge on any atom is -0.454 e. The molecule has 0 unspecified atom stereocenters. The SMILES string of the molecule is CC(C)c1ccc(Cc2nnc(NC(=O)C=Cc3ccc4c(c3)OCO4)o2)cc1. The maximum Gasteiger partial charge on any atom is 0.322 e. The van der Waals surface area contributed by atoms with Gasteiger partial charge in [0, 0.05) is 6.08 Å². The van der Waals surface area contributed by atoms with Crippen molar-refractivity contribution in [3.8, 4) is 11.5 Å². The summed E-state index contributed by atoms with van der Waals surface area (Å²) in [5.41, 5.74) is 3.17. The molecule has 0 bridgehead atoms. The summed E-state index contributed by atoms with van der Waals surface area (Å²) in [6, 6.07) is 13.8. The Hall–Kier alpha value is -3.61. The summed E-state index contributed by atoms with van der Waals surface area (Å²) < 4.78 is 16.1. The van der Waals surface area contributed by atoms with Gasteiger partial charge in [-0.15, -0.1) is 5.10 Å². The summed E-state index contributed by atoms with van der Waals surface area (Å²) in [5, 5.41) is 10.4. The number of nitrogens with one attached hydrogen (secondary N) is 1. The lowest BCUT2D eigenvalue weighted by molar-refractivity contribution is -0.112. The zero-order valence-corrected chi connectivity index (χ0v) is 16.2. The van der Waals surface area contributed by atoms with Gasteiger partial charge in [-0.3, -0.25) is 10.1 Å². The van der Waals surface area contributed by atoms with E-state index in [1.54, 1.807) is 12.1 Å². The molecule has 0 radical (unpaired) electrons. The van der Waals surface area contributed by atoms with Crippen LogP contribution < -0.4 is 14.8 Å². The quantitative estimate of drug-likeness (QED) is 0.635. The fraction of sp³-hybridized carbons (Fsp3) is 0.227. The van der Waals surface area contributed by atoms with Gasteiger partial charge in [-0.05, 0) is 40.8 Å². The number of nitrogens with zero attached hydrogens (tertiary/aromatic N) is 2. The highest BCUT2D eigenvalue weighted by molar-refractivity contribution is 6.00. The molecule has 1 aromatic heterocycles. The van der Waals surface area contributed by atoms with E-state index in [1.165, 1.54) is 11.6 Å². The minimum absolute atomic E-state index is 0.0686. The average molecular weight is 391 g/mol. The van der Waals surface area contributed by atoms with E-state index in [0.29, 0.717) is 29.7 Å². The summed E-state index contributed by atoms with van der Waals surface area (Å²) in [6.07, 6.45) is 3.57. The molecule has 2 aromatic carbocycles. The van der Waals surface area contributed by atoms with Crippen LogP contribution in [0, 0.1) is 0 Å². The molecule has 1 amide bonds. The average Bonchev–Trinajstić information content (AvgIpc) is 3.35. The molecule has 0 fully saturated rings. The number of benzene rings is 2. The highest BCUT2D eigenvalue weighted by Crippen LogP contribution is 2.32. The molecule has 148 valence electrons. The van der Waals surface area contributed by atoms with Gasteiger partial charge in [-0.1, -0.05) is 49.3 Å². The molecule has 7 heteroatoms. The molecule has 0 atom stereocenters. The third-order valence-electron chi connectivity index (χ3n) is 4.52. The molecule has 0 aliphatic carbocycles. The Balaban J connectivity index is 1.34. The second-order valence-electron chi connectivity index (χ2n) is 7.01. The van der Waals surface area contributed by atoms with Crippen LogP contribution in [0.1, 0.15) is 42.3 Å². The van der Waals surface area contributed by atoms with Crippen molar-refractivity contribution in [2.24, 2.45) is 0 Å². The van der Waals surface area contributed by atoms with Gasteiger partial charge in [0.1, 0.15) is 0 Å². The van der Waals surface area contributed by atoms with Gasteiger partial charge in [0.15, 0.2) is 11.5 Å². The second-order valence-corrected chi connectivity index (χ2v) is 7.01. The number of rotatable bonds is 6. The first-order valence-corrected chi connectivity index (χ1v) is 9.37. The lowest BCUT2D eigenvalue weighted by Gasteiger charge is -2.05. The first kappa shape index (κ1) is 18.7. The number of hydrogen-bond acceptors (Lipinski definition) is 6. The molecule has 4 rings (SSSR count). The Morgan fingerprint density at radius 2 is 1.90 bits per heavy atom. The molecule has 0 saturated carbocycles. The molecule has 0 saturated heterocycles. The monoisotopic (exact) mass is 391 g/mol. The Kier molecular flexibility index (Phi) is 5.29. The van der Waals surface area contributed by atoms with Crippen LogP contribution in [-0.2, 0) is 11.2 Å². The van der Waals surface area contributed by atoms with Crippen molar-refractivity contribution in [3.05, 3.63) is 71.1 Å². The first-order chi connectivity index (χ1) is 14.1. The third kappa shape index (κ3) is 4.63. The number of fused-ring (bicyclic) bond motifs is 1. The van der Waals surface area contributed by atoms with Gasteiger partial charge >= 0.3 is 6.01 Å². The minimum atomic E-state index is -0.362. The van der Waals surface area contributed by atoms with Crippen molar-refractivity contribution in [2.45, 2.75) is 26.2 Å². The van der Waals surface area contributed by atoms with Crippen LogP contribution in [0.4, 0.5) is 6.01 Å². The van der Waals surface area contributed by atoms with Crippen LogP contribution in [0.5, 0.6) is 11.5 Å². The number of hydrogen-bond donors (Lipinski definition) is 1. The molecule has 1 N–H and O–H groups in total. The van der Waals surface area contributed by atoms with Gasteiger partial charge < -0.3 is 13.9 Å². The van der Waals surface area contributed by atoms with Gasteiger partial charge in [0.05, 0.1) is 6.42 Å². The molecule has 2 heterocycles. The summed E-state index contributed by atoms with van der Waals surface area (Å²) >= 11 is 0. The molecule has 1 aliphatic heterocycles. The number of carbonyl (C=O) groups is 1. The zero-order chi connectivity index (χ0) is 20.2. The highest BCUT2D eigenvalue weighted by Gasteiger charge is 2.13. The summed E-state index contributed by atoms with van der Waals surface area (Å²) in [5.74, 6) is 1.93. The van der Waals surface area contributed by atoms with Crippen LogP contribution in [0.2, 0.25) is 0 Å². The molecule has 3 aromatic rings. The lowest BCUT2D eigenvalue weighted by atomic mass is 10.0. The maximum absolute atomic E-state index is 12.1. The predicted molar refractivity (Wildman–Crippen MR) is 108 cm³/mol. The van der Waals surface area contributed by atoms with E-state index in [-0.39, 0.29) is 18.7 Å². The normalized spacial score (nSPS) is 12.7. The van der Waals surface area contributed by atoms with Crippen molar-refractivity contribution in [2.75, 3.05) is 12.1 Å². The molecule has 29 heavy (non-hydrogen) atoms. The second kappa shape index (κ2) is 8.18. The smallest absolute Gasteiger partial charge is 0.322 e. The summed E-state index contributed by atoms with van der Waals surface area (Å²) in [7, 11) is 0. The van der Waals surface area contributed by atoms with Crippen LogP contribution in [0.3, 0.4) is 0 Å². The van der Waals surface area contributed by atoms with Gasteiger partial charge in [0.25, 0.3) is 5.91 Å². The van der Waals surface area contributed by atoms with E-state index in [4.69, 9.17) is 13.9 Å². The van der Waals surface area contributed by atoms with Gasteiger partial charge in [-0.25, -0.2) is 0 Å². The van der Waals surface area contributed by atoms with Crippen LogP contribution >= 0.6 is 0 Å². The van der Waals surface area contributed by atoms with E-state index in [9.17, 15) is 4.79 Å². The van der Waals surface area contributed by atoms with Crippen molar-refractivity contribution < 1.29 is 18.7 Å². The van der Waals surface area contributed by atoms with Gasteiger partial charge in [-0.2, -0.15) is 0 Å².